The summed E-state index contributed by atoms with van der Waals surface area (Å²) in [6, 6.07) is 16.3. The predicted octanol–water partition coefficient (Wildman–Crippen LogP) is 3.41. The molecule has 0 unspecified atom stereocenters. The average molecular weight is 378 g/mol. The van der Waals surface area contributed by atoms with Crippen LogP contribution >= 0.6 is 0 Å². The molecule has 28 heavy (non-hydrogen) atoms. The van der Waals surface area contributed by atoms with Crippen molar-refractivity contribution < 1.29 is 19.2 Å². The Morgan fingerprint density at radius 2 is 1.75 bits per heavy atom. The van der Waals surface area contributed by atoms with Crippen LogP contribution < -0.4 is 16.2 Å². The molecular formula is C20H18N4O4. The van der Waals surface area contributed by atoms with E-state index in [1.807, 2.05) is 12.4 Å². The van der Waals surface area contributed by atoms with Crippen LogP contribution in [0, 0.1) is 6.92 Å². The van der Waals surface area contributed by atoms with E-state index >= 15 is 0 Å². The number of hydrogen-bond acceptors (Lipinski definition) is 6. The quantitative estimate of drug-likeness (QED) is 0.387. The molecule has 0 atom stereocenters. The van der Waals surface area contributed by atoms with Gasteiger partial charge in [0.05, 0.1) is 11.9 Å². The highest BCUT2D eigenvalue weighted by Crippen LogP contribution is 2.14. The van der Waals surface area contributed by atoms with Gasteiger partial charge in [-0.25, -0.2) is 5.43 Å². The van der Waals surface area contributed by atoms with E-state index in [4.69, 9.17) is 9.62 Å². The number of rotatable bonds is 6. The van der Waals surface area contributed by atoms with Crippen molar-refractivity contribution >= 4 is 29.4 Å². The molecule has 8 heteroatoms. The summed E-state index contributed by atoms with van der Waals surface area (Å²) >= 11 is 0. The molecule has 0 bridgehead atoms. The molecule has 0 aliphatic rings. The second-order valence-electron chi connectivity index (χ2n) is 5.87. The third-order valence-corrected chi connectivity index (χ3v) is 3.78. The van der Waals surface area contributed by atoms with Crippen molar-refractivity contribution in [1.29, 1.82) is 0 Å². The van der Waals surface area contributed by atoms with Gasteiger partial charge in [-0.15, -0.1) is 0 Å². The summed E-state index contributed by atoms with van der Waals surface area (Å²) in [5.74, 6) is 0.563. The van der Waals surface area contributed by atoms with Crippen molar-refractivity contribution in [3.8, 4) is 0 Å². The maximum Gasteiger partial charge on any atom is 0.271 e. The first-order valence-electron chi connectivity index (χ1n) is 8.36. The minimum Gasteiger partial charge on any atom is -0.460 e. The summed E-state index contributed by atoms with van der Waals surface area (Å²) in [6.07, 6.45) is 1.41. The number of carbonyl (C=O) groups is 2. The third-order valence-electron chi connectivity index (χ3n) is 3.78. The molecule has 1 aromatic heterocycles. The lowest BCUT2D eigenvalue weighted by molar-refractivity contribution is 0.0954. The van der Waals surface area contributed by atoms with Crippen LogP contribution in [0.15, 0.2) is 70.2 Å². The van der Waals surface area contributed by atoms with E-state index in [-0.39, 0.29) is 11.8 Å². The number of aryl methyl sites for hydroxylation is 1. The van der Waals surface area contributed by atoms with Crippen molar-refractivity contribution in [3.63, 3.8) is 0 Å². The molecule has 3 aromatic rings. The Morgan fingerprint density at radius 3 is 2.43 bits per heavy atom. The Kier molecular flexibility index (Phi) is 5.83. The summed E-state index contributed by atoms with van der Waals surface area (Å²) in [4.78, 5) is 24.3. The number of nitrogens with one attached hydrogen (secondary N) is 3. The molecule has 0 spiro atoms. The second kappa shape index (κ2) is 8.65. The van der Waals surface area contributed by atoms with Gasteiger partial charge in [0.15, 0.2) is 0 Å². The fourth-order valence-corrected chi connectivity index (χ4v) is 2.38. The van der Waals surface area contributed by atoms with Crippen molar-refractivity contribution in [2.24, 2.45) is 5.10 Å². The number of nitrogens with zero attached hydrogens (tertiary/aromatic N) is 1. The van der Waals surface area contributed by atoms with Crippen LogP contribution in [-0.2, 0) is 0 Å². The monoisotopic (exact) mass is 378 g/mol. The van der Waals surface area contributed by atoms with Crippen LogP contribution in [0.3, 0.4) is 0 Å². The van der Waals surface area contributed by atoms with Crippen LogP contribution in [0.2, 0.25) is 0 Å². The molecule has 4 N–H and O–H groups in total. The Morgan fingerprint density at radius 1 is 0.964 bits per heavy atom. The number of hydrazone groups is 1. The van der Waals surface area contributed by atoms with Gasteiger partial charge in [0.2, 0.25) is 0 Å². The van der Waals surface area contributed by atoms with E-state index in [0.717, 1.165) is 5.76 Å². The fourth-order valence-electron chi connectivity index (χ4n) is 2.38. The fraction of sp³-hybridized carbons (Fsp3) is 0.0500. The van der Waals surface area contributed by atoms with Crippen LogP contribution in [0.4, 0.5) is 11.4 Å². The molecule has 3 rings (SSSR count). The molecule has 0 fully saturated rings. The van der Waals surface area contributed by atoms with Gasteiger partial charge in [-0.1, -0.05) is 6.07 Å². The summed E-state index contributed by atoms with van der Waals surface area (Å²) in [7, 11) is 0. The van der Waals surface area contributed by atoms with Gasteiger partial charge in [-0.3, -0.25) is 20.3 Å². The number of hydrogen-bond donors (Lipinski definition) is 4. The smallest absolute Gasteiger partial charge is 0.271 e. The lowest BCUT2D eigenvalue weighted by Crippen LogP contribution is -2.17. The highest BCUT2D eigenvalue weighted by Gasteiger charge is 2.08. The molecule has 0 radical (unpaired) electrons. The van der Waals surface area contributed by atoms with E-state index in [1.165, 1.54) is 12.3 Å². The van der Waals surface area contributed by atoms with E-state index < -0.39 is 0 Å². The molecule has 2 amide bonds. The highest BCUT2D eigenvalue weighted by atomic mass is 16.5. The minimum atomic E-state index is -0.390. The van der Waals surface area contributed by atoms with Gasteiger partial charge in [0.25, 0.3) is 11.8 Å². The maximum absolute atomic E-state index is 12.3. The number of amides is 2. The number of carbonyl (C=O) groups excluding carboxylic acids is 2. The summed E-state index contributed by atoms with van der Waals surface area (Å²) in [5.41, 5.74) is 6.10. The number of anilines is 2. The first-order chi connectivity index (χ1) is 13.5. The summed E-state index contributed by atoms with van der Waals surface area (Å²) in [6.45, 7) is 1.82. The molecule has 0 aliphatic carbocycles. The topological polar surface area (TPSA) is 116 Å². The second-order valence-corrected chi connectivity index (χ2v) is 5.87. The van der Waals surface area contributed by atoms with Crippen molar-refractivity contribution in [2.45, 2.75) is 6.92 Å². The Bertz CT molecular complexity index is 1010. The third kappa shape index (κ3) is 4.83. The molecule has 142 valence electrons. The highest BCUT2D eigenvalue weighted by molar-refractivity contribution is 6.05. The molecule has 1 heterocycles. The lowest BCUT2D eigenvalue weighted by atomic mass is 10.1. The van der Waals surface area contributed by atoms with Crippen LogP contribution in [0.25, 0.3) is 0 Å². The van der Waals surface area contributed by atoms with Gasteiger partial charge < -0.3 is 9.73 Å². The van der Waals surface area contributed by atoms with Gasteiger partial charge in [0.1, 0.15) is 11.5 Å². The van der Waals surface area contributed by atoms with Gasteiger partial charge >= 0.3 is 0 Å². The maximum atomic E-state index is 12.3. The van der Waals surface area contributed by atoms with Gasteiger partial charge in [0, 0.05) is 16.8 Å². The van der Waals surface area contributed by atoms with Crippen LogP contribution in [-0.4, -0.2) is 23.2 Å². The van der Waals surface area contributed by atoms with Crippen molar-refractivity contribution in [1.82, 2.24) is 5.43 Å². The van der Waals surface area contributed by atoms with Crippen LogP contribution in [0.5, 0.6) is 0 Å². The Labute approximate surface area is 160 Å². The lowest BCUT2D eigenvalue weighted by Gasteiger charge is -2.07. The normalized spacial score (nSPS) is 10.6. The molecule has 8 nitrogen and oxygen atoms in total. The van der Waals surface area contributed by atoms with E-state index in [2.05, 4.69) is 15.8 Å². The van der Waals surface area contributed by atoms with E-state index in [1.54, 1.807) is 54.6 Å². The Balaban J connectivity index is 1.58. The standard InChI is InChI=1S/C20H18N4O4/c1-13-5-10-18(28-13)12-21-23-20(26)14-6-8-16(9-7-14)22-19(25)15-3-2-4-17(11-15)24-27/h2-12,24,27H,1H3,(H,22,25)(H,23,26)/b21-12+. The van der Waals surface area contributed by atoms with Gasteiger partial charge in [-0.05, 0) is 61.5 Å². The molecular weight excluding hydrogens is 360 g/mol. The van der Waals surface area contributed by atoms with Crippen molar-refractivity contribution in [2.75, 3.05) is 10.8 Å². The molecule has 2 aromatic carbocycles. The minimum absolute atomic E-state index is 0.340. The van der Waals surface area contributed by atoms with E-state index in [0.29, 0.717) is 28.3 Å². The Hall–Kier alpha value is -3.91. The zero-order valence-electron chi connectivity index (χ0n) is 15.0. The zero-order valence-corrected chi connectivity index (χ0v) is 15.0. The summed E-state index contributed by atoms with van der Waals surface area (Å²) in [5, 5.41) is 15.5. The first kappa shape index (κ1) is 18.9. The molecule has 0 saturated carbocycles. The zero-order chi connectivity index (χ0) is 19.9. The molecule has 0 aliphatic heterocycles. The van der Waals surface area contributed by atoms with Crippen LogP contribution in [0.1, 0.15) is 32.2 Å². The van der Waals surface area contributed by atoms with Crippen molar-refractivity contribution in [3.05, 3.63) is 83.3 Å². The predicted molar refractivity (Wildman–Crippen MR) is 105 cm³/mol. The number of benzene rings is 2. The largest absolute Gasteiger partial charge is 0.460 e. The number of furan rings is 1. The summed E-state index contributed by atoms with van der Waals surface area (Å²) < 4.78 is 5.32. The molecule has 0 saturated heterocycles. The average Bonchev–Trinajstić information content (AvgIpc) is 3.13. The van der Waals surface area contributed by atoms with Gasteiger partial charge in [-0.2, -0.15) is 5.10 Å². The van der Waals surface area contributed by atoms with E-state index in [9.17, 15) is 9.59 Å². The first-order valence-corrected chi connectivity index (χ1v) is 8.36. The SMILES string of the molecule is Cc1ccc(/C=N/NC(=O)c2ccc(NC(=O)c3cccc(NO)c3)cc2)o1.